The highest BCUT2D eigenvalue weighted by atomic mass is 16.3. The molecule has 2 N–H and O–H groups in total. The van der Waals surface area contributed by atoms with E-state index < -0.39 is 0 Å². The van der Waals surface area contributed by atoms with E-state index in [4.69, 9.17) is 5.11 Å². The Morgan fingerprint density at radius 1 is 1.44 bits per heavy atom. The van der Waals surface area contributed by atoms with E-state index in [1.165, 1.54) is 0 Å². The first kappa shape index (κ1) is 14.6. The second-order valence-electron chi connectivity index (χ2n) is 4.38. The highest BCUT2D eigenvalue weighted by molar-refractivity contribution is 5.38. The SMILES string of the molecule is C=CCN(CCO)c1ccc(CNC(C)C)nn1. The van der Waals surface area contributed by atoms with Gasteiger partial charge < -0.3 is 15.3 Å². The van der Waals surface area contributed by atoms with Crippen LogP contribution >= 0.6 is 0 Å². The van der Waals surface area contributed by atoms with Gasteiger partial charge in [0, 0.05) is 25.7 Å². The molecule has 0 aliphatic carbocycles. The van der Waals surface area contributed by atoms with Crippen molar-refractivity contribution in [1.29, 1.82) is 0 Å². The maximum Gasteiger partial charge on any atom is 0.151 e. The van der Waals surface area contributed by atoms with Crippen molar-refractivity contribution in [2.45, 2.75) is 26.4 Å². The lowest BCUT2D eigenvalue weighted by Crippen LogP contribution is -2.28. The number of rotatable bonds is 8. The Labute approximate surface area is 109 Å². The smallest absolute Gasteiger partial charge is 0.151 e. The molecule has 0 amide bonds. The van der Waals surface area contributed by atoms with E-state index >= 15 is 0 Å². The molecule has 0 fully saturated rings. The Morgan fingerprint density at radius 3 is 2.72 bits per heavy atom. The molecular weight excluding hydrogens is 228 g/mol. The van der Waals surface area contributed by atoms with Gasteiger partial charge in [0.2, 0.25) is 0 Å². The summed E-state index contributed by atoms with van der Waals surface area (Å²) in [6.07, 6.45) is 1.78. The Bertz CT molecular complexity index is 351. The summed E-state index contributed by atoms with van der Waals surface area (Å²) in [5.41, 5.74) is 0.912. The van der Waals surface area contributed by atoms with Crippen LogP contribution in [0.15, 0.2) is 24.8 Å². The van der Waals surface area contributed by atoms with Crippen molar-refractivity contribution in [1.82, 2.24) is 15.5 Å². The van der Waals surface area contributed by atoms with Gasteiger partial charge in [0.05, 0.1) is 12.3 Å². The summed E-state index contributed by atoms with van der Waals surface area (Å²) in [4.78, 5) is 1.93. The number of nitrogens with one attached hydrogen (secondary N) is 1. The summed E-state index contributed by atoms with van der Waals surface area (Å²) in [7, 11) is 0. The van der Waals surface area contributed by atoms with Gasteiger partial charge >= 0.3 is 0 Å². The second-order valence-corrected chi connectivity index (χ2v) is 4.38. The quantitative estimate of drug-likeness (QED) is 0.673. The van der Waals surface area contributed by atoms with Crippen molar-refractivity contribution >= 4 is 5.82 Å². The fourth-order valence-corrected chi connectivity index (χ4v) is 1.50. The molecule has 0 atom stereocenters. The largest absolute Gasteiger partial charge is 0.395 e. The highest BCUT2D eigenvalue weighted by Crippen LogP contribution is 2.09. The van der Waals surface area contributed by atoms with Crippen LogP contribution in [0.4, 0.5) is 5.82 Å². The molecule has 18 heavy (non-hydrogen) atoms. The van der Waals surface area contributed by atoms with Crippen molar-refractivity contribution in [2.24, 2.45) is 0 Å². The van der Waals surface area contributed by atoms with Crippen LogP contribution in [0, 0.1) is 0 Å². The summed E-state index contributed by atoms with van der Waals surface area (Å²) in [6.45, 7) is 9.87. The van der Waals surface area contributed by atoms with Gasteiger partial charge in [-0.25, -0.2) is 0 Å². The van der Waals surface area contributed by atoms with Crippen LogP contribution in [0.5, 0.6) is 0 Å². The van der Waals surface area contributed by atoms with Crippen LogP contribution in [-0.2, 0) is 6.54 Å². The Morgan fingerprint density at radius 2 is 2.22 bits per heavy atom. The van der Waals surface area contributed by atoms with Crippen LogP contribution in [0.2, 0.25) is 0 Å². The molecule has 100 valence electrons. The van der Waals surface area contributed by atoms with E-state index in [0.29, 0.717) is 25.7 Å². The molecule has 1 aromatic heterocycles. The van der Waals surface area contributed by atoms with Gasteiger partial charge in [0.1, 0.15) is 0 Å². The topological polar surface area (TPSA) is 61.3 Å². The number of hydrogen-bond acceptors (Lipinski definition) is 5. The fourth-order valence-electron chi connectivity index (χ4n) is 1.50. The molecule has 0 saturated carbocycles. The van der Waals surface area contributed by atoms with Crippen molar-refractivity contribution in [3.8, 4) is 0 Å². The molecule has 0 saturated heterocycles. The third-order valence-electron chi connectivity index (χ3n) is 2.44. The summed E-state index contributed by atoms with van der Waals surface area (Å²) in [5, 5.41) is 20.6. The van der Waals surface area contributed by atoms with Crippen LogP contribution in [0.1, 0.15) is 19.5 Å². The van der Waals surface area contributed by atoms with E-state index in [1.807, 2.05) is 17.0 Å². The molecule has 5 heteroatoms. The number of hydrogen-bond donors (Lipinski definition) is 2. The minimum Gasteiger partial charge on any atom is -0.395 e. The summed E-state index contributed by atoms with van der Waals surface area (Å²) in [5.74, 6) is 0.761. The zero-order valence-electron chi connectivity index (χ0n) is 11.1. The van der Waals surface area contributed by atoms with E-state index in [-0.39, 0.29) is 6.61 Å². The van der Waals surface area contributed by atoms with E-state index in [2.05, 4.69) is 35.9 Å². The monoisotopic (exact) mass is 250 g/mol. The molecule has 0 aromatic carbocycles. The molecule has 1 rings (SSSR count). The third-order valence-corrected chi connectivity index (χ3v) is 2.44. The van der Waals surface area contributed by atoms with Crippen molar-refractivity contribution < 1.29 is 5.11 Å². The lowest BCUT2D eigenvalue weighted by Gasteiger charge is -2.20. The fraction of sp³-hybridized carbons (Fsp3) is 0.538. The van der Waals surface area contributed by atoms with Crippen molar-refractivity contribution in [3.63, 3.8) is 0 Å². The van der Waals surface area contributed by atoms with E-state index in [1.54, 1.807) is 6.08 Å². The van der Waals surface area contributed by atoms with Gasteiger partial charge in [0.15, 0.2) is 5.82 Å². The first-order valence-electron chi connectivity index (χ1n) is 6.20. The second kappa shape index (κ2) is 7.79. The number of aromatic nitrogens is 2. The van der Waals surface area contributed by atoms with Crippen LogP contribution in [0.3, 0.4) is 0 Å². The van der Waals surface area contributed by atoms with Crippen LogP contribution < -0.4 is 10.2 Å². The van der Waals surface area contributed by atoms with Gasteiger partial charge in [-0.15, -0.1) is 11.7 Å². The first-order valence-corrected chi connectivity index (χ1v) is 6.20. The molecule has 1 heterocycles. The maximum atomic E-state index is 8.99. The zero-order chi connectivity index (χ0) is 13.4. The highest BCUT2D eigenvalue weighted by Gasteiger charge is 2.06. The van der Waals surface area contributed by atoms with Gasteiger partial charge in [-0.05, 0) is 12.1 Å². The predicted molar refractivity (Wildman–Crippen MR) is 73.5 cm³/mol. The lowest BCUT2D eigenvalue weighted by atomic mass is 10.3. The molecule has 0 spiro atoms. The summed E-state index contributed by atoms with van der Waals surface area (Å²) in [6, 6.07) is 4.30. The molecule has 5 nitrogen and oxygen atoms in total. The molecule has 0 radical (unpaired) electrons. The van der Waals surface area contributed by atoms with E-state index in [0.717, 1.165) is 11.5 Å². The van der Waals surface area contributed by atoms with Gasteiger partial charge in [-0.3, -0.25) is 0 Å². The van der Waals surface area contributed by atoms with Gasteiger partial charge in [-0.2, -0.15) is 5.10 Å². The average molecular weight is 250 g/mol. The lowest BCUT2D eigenvalue weighted by molar-refractivity contribution is 0.302. The molecule has 0 unspecified atom stereocenters. The van der Waals surface area contributed by atoms with Crippen molar-refractivity contribution in [3.05, 3.63) is 30.5 Å². The Hall–Kier alpha value is -1.46. The first-order chi connectivity index (χ1) is 8.67. The number of aliphatic hydroxyl groups excluding tert-OH is 1. The molecule has 0 aliphatic heterocycles. The van der Waals surface area contributed by atoms with E-state index in [9.17, 15) is 0 Å². The third kappa shape index (κ3) is 4.81. The molecular formula is C13H22N4O. The number of nitrogens with zero attached hydrogens (tertiary/aromatic N) is 3. The summed E-state index contributed by atoms with van der Waals surface area (Å²) >= 11 is 0. The molecule has 1 aromatic rings. The average Bonchev–Trinajstić information content (AvgIpc) is 2.37. The summed E-state index contributed by atoms with van der Waals surface area (Å²) < 4.78 is 0. The molecule has 0 aliphatic rings. The van der Waals surface area contributed by atoms with Gasteiger partial charge in [-0.1, -0.05) is 19.9 Å². The van der Waals surface area contributed by atoms with Gasteiger partial charge in [0.25, 0.3) is 0 Å². The normalized spacial score (nSPS) is 10.7. The van der Waals surface area contributed by atoms with Crippen LogP contribution in [-0.4, -0.2) is 41.0 Å². The Kier molecular flexibility index (Phi) is 6.32. The number of anilines is 1. The maximum absolute atomic E-state index is 8.99. The number of aliphatic hydroxyl groups is 1. The minimum atomic E-state index is 0.0895. The van der Waals surface area contributed by atoms with Crippen molar-refractivity contribution in [2.75, 3.05) is 24.6 Å². The Balaban J connectivity index is 2.64. The minimum absolute atomic E-state index is 0.0895. The molecule has 0 bridgehead atoms. The standard InChI is InChI=1S/C13H22N4O/c1-4-7-17(8-9-18)13-6-5-12(15-16-13)10-14-11(2)3/h4-6,11,14,18H,1,7-10H2,2-3H3. The predicted octanol–water partition coefficient (Wildman–Crippen LogP) is 0.959. The van der Waals surface area contributed by atoms with Crippen LogP contribution in [0.25, 0.3) is 0 Å². The zero-order valence-corrected chi connectivity index (χ0v) is 11.1.